The second kappa shape index (κ2) is 4.78. The highest BCUT2D eigenvalue weighted by molar-refractivity contribution is 5.54. The predicted molar refractivity (Wildman–Crippen MR) is 63.6 cm³/mol. The van der Waals surface area contributed by atoms with Gasteiger partial charge in [0.2, 0.25) is 0 Å². The Kier molecular flexibility index (Phi) is 3.43. The number of alkyl halides is 3. The molecule has 0 aliphatic rings. The number of rotatable bonds is 3. The zero-order chi connectivity index (χ0) is 15.0. The van der Waals surface area contributed by atoms with Gasteiger partial charge in [-0.15, -0.1) is 13.2 Å². The van der Waals surface area contributed by atoms with E-state index in [1.54, 1.807) is 13.8 Å². The molecular weight excluding hydrogens is 275 g/mol. The number of hydrogen-bond donors (Lipinski definition) is 1. The molecule has 0 bridgehead atoms. The van der Waals surface area contributed by atoms with Crippen LogP contribution in [-0.4, -0.2) is 16.5 Å². The van der Waals surface area contributed by atoms with Gasteiger partial charge in [0.05, 0.1) is 5.54 Å². The fourth-order valence-electron chi connectivity index (χ4n) is 1.40. The molecule has 2 N–H and O–H groups in total. The van der Waals surface area contributed by atoms with E-state index in [-0.39, 0.29) is 11.6 Å². The number of hydrogen-bond acceptors (Lipinski definition) is 5. The lowest BCUT2D eigenvalue weighted by molar-refractivity contribution is -0.274. The van der Waals surface area contributed by atoms with Crippen LogP contribution in [-0.2, 0) is 5.54 Å². The molecule has 5 nitrogen and oxygen atoms in total. The van der Waals surface area contributed by atoms with Crippen molar-refractivity contribution in [1.82, 2.24) is 10.1 Å². The second-order valence-electron chi connectivity index (χ2n) is 4.72. The summed E-state index contributed by atoms with van der Waals surface area (Å²) in [6.07, 6.45) is -4.72. The number of ether oxygens (including phenoxy) is 1. The summed E-state index contributed by atoms with van der Waals surface area (Å²) in [6, 6.07) is 5.12. The van der Waals surface area contributed by atoms with E-state index in [4.69, 9.17) is 10.3 Å². The minimum atomic E-state index is -4.72. The molecule has 0 aliphatic carbocycles. The Morgan fingerprint density at radius 2 is 1.75 bits per heavy atom. The lowest BCUT2D eigenvalue weighted by Crippen LogP contribution is -2.30. The molecule has 0 amide bonds. The van der Waals surface area contributed by atoms with Crippen LogP contribution in [0, 0.1) is 0 Å². The van der Waals surface area contributed by atoms with E-state index >= 15 is 0 Å². The molecule has 0 fully saturated rings. The maximum Gasteiger partial charge on any atom is 0.573 e. The molecule has 0 saturated heterocycles. The van der Waals surface area contributed by atoms with E-state index < -0.39 is 11.9 Å². The highest BCUT2D eigenvalue weighted by Crippen LogP contribution is 2.26. The molecular formula is C12H12F3N3O2. The smallest absolute Gasteiger partial charge is 0.406 e. The third kappa shape index (κ3) is 3.47. The first-order valence-corrected chi connectivity index (χ1v) is 5.64. The first-order valence-electron chi connectivity index (χ1n) is 5.64. The van der Waals surface area contributed by atoms with E-state index in [0.29, 0.717) is 11.4 Å². The van der Waals surface area contributed by atoms with Gasteiger partial charge in [0.25, 0.3) is 5.89 Å². The Hall–Kier alpha value is -2.09. The molecule has 0 radical (unpaired) electrons. The van der Waals surface area contributed by atoms with Crippen molar-refractivity contribution in [2.24, 2.45) is 5.73 Å². The maximum absolute atomic E-state index is 12.0. The average molecular weight is 287 g/mol. The van der Waals surface area contributed by atoms with Crippen molar-refractivity contribution in [3.05, 3.63) is 30.1 Å². The van der Waals surface area contributed by atoms with Gasteiger partial charge in [0.15, 0.2) is 5.82 Å². The fourth-order valence-corrected chi connectivity index (χ4v) is 1.40. The van der Waals surface area contributed by atoms with Gasteiger partial charge in [-0.05, 0) is 38.1 Å². The van der Waals surface area contributed by atoms with Gasteiger partial charge in [0.1, 0.15) is 5.75 Å². The Morgan fingerprint density at radius 1 is 1.15 bits per heavy atom. The van der Waals surface area contributed by atoms with Crippen LogP contribution in [0.5, 0.6) is 5.75 Å². The third-order valence-electron chi connectivity index (χ3n) is 2.34. The number of aromatic nitrogens is 2. The topological polar surface area (TPSA) is 74.2 Å². The SMILES string of the molecule is CC(C)(N)c1noc(-c2ccc(OC(F)(F)F)cc2)n1. The molecule has 0 saturated carbocycles. The van der Waals surface area contributed by atoms with E-state index in [9.17, 15) is 13.2 Å². The summed E-state index contributed by atoms with van der Waals surface area (Å²) in [5.74, 6) is 0.167. The van der Waals surface area contributed by atoms with Crippen molar-refractivity contribution >= 4 is 0 Å². The summed E-state index contributed by atoms with van der Waals surface area (Å²) < 4.78 is 44.8. The molecule has 1 heterocycles. The van der Waals surface area contributed by atoms with Crippen molar-refractivity contribution in [3.8, 4) is 17.2 Å². The van der Waals surface area contributed by atoms with Crippen molar-refractivity contribution < 1.29 is 22.4 Å². The summed E-state index contributed by atoms with van der Waals surface area (Å²) in [4.78, 5) is 4.09. The second-order valence-corrected chi connectivity index (χ2v) is 4.72. The predicted octanol–water partition coefficient (Wildman–Crippen LogP) is 2.83. The number of nitrogens with two attached hydrogens (primary N) is 1. The Labute approximate surface area is 112 Å². The standard InChI is InChI=1S/C12H12F3N3O2/c1-11(2,16)10-17-9(20-18-10)7-3-5-8(6-4-7)19-12(13,14)15/h3-6H,16H2,1-2H3. The molecule has 108 valence electrons. The van der Waals surface area contributed by atoms with Crippen LogP contribution in [0.25, 0.3) is 11.5 Å². The molecule has 2 aromatic rings. The lowest BCUT2D eigenvalue weighted by Gasteiger charge is -2.11. The number of halogens is 3. The highest BCUT2D eigenvalue weighted by atomic mass is 19.4. The van der Waals surface area contributed by atoms with Crippen LogP contribution in [0.4, 0.5) is 13.2 Å². The number of nitrogens with zero attached hydrogens (tertiary/aromatic N) is 2. The number of benzene rings is 1. The summed E-state index contributed by atoms with van der Waals surface area (Å²) in [5, 5.41) is 3.72. The molecule has 0 aliphatic heterocycles. The third-order valence-corrected chi connectivity index (χ3v) is 2.34. The Bertz CT molecular complexity index is 585. The summed E-state index contributed by atoms with van der Waals surface area (Å²) >= 11 is 0. The fraction of sp³-hybridized carbons (Fsp3) is 0.333. The van der Waals surface area contributed by atoms with Crippen molar-refractivity contribution in [1.29, 1.82) is 0 Å². The van der Waals surface area contributed by atoms with Crippen LogP contribution in [0.15, 0.2) is 28.8 Å². The van der Waals surface area contributed by atoms with Crippen molar-refractivity contribution in [2.45, 2.75) is 25.7 Å². The van der Waals surface area contributed by atoms with Crippen LogP contribution < -0.4 is 10.5 Å². The van der Waals surface area contributed by atoms with Crippen LogP contribution >= 0.6 is 0 Å². The van der Waals surface area contributed by atoms with Crippen LogP contribution in [0.3, 0.4) is 0 Å². The van der Waals surface area contributed by atoms with Crippen LogP contribution in [0.1, 0.15) is 19.7 Å². The average Bonchev–Trinajstić information content (AvgIpc) is 2.76. The molecule has 0 unspecified atom stereocenters. The van der Waals surface area contributed by atoms with E-state index in [2.05, 4.69) is 14.9 Å². The first-order chi connectivity index (χ1) is 9.15. The molecule has 1 aromatic carbocycles. The minimum Gasteiger partial charge on any atom is -0.406 e. The Morgan fingerprint density at radius 3 is 2.20 bits per heavy atom. The van der Waals surface area contributed by atoms with Crippen molar-refractivity contribution in [2.75, 3.05) is 0 Å². The van der Waals surface area contributed by atoms with Gasteiger partial charge in [-0.3, -0.25) is 0 Å². The minimum absolute atomic E-state index is 0.178. The van der Waals surface area contributed by atoms with Gasteiger partial charge in [-0.2, -0.15) is 4.98 Å². The Balaban J connectivity index is 2.20. The van der Waals surface area contributed by atoms with Gasteiger partial charge in [-0.1, -0.05) is 5.16 Å². The van der Waals surface area contributed by atoms with Crippen LogP contribution in [0.2, 0.25) is 0 Å². The lowest BCUT2D eigenvalue weighted by atomic mass is 10.1. The summed E-state index contributed by atoms with van der Waals surface area (Å²) in [6.45, 7) is 3.42. The molecule has 1 aromatic heterocycles. The van der Waals surface area contributed by atoms with Gasteiger partial charge in [-0.25, -0.2) is 0 Å². The monoisotopic (exact) mass is 287 g/mol. The normalized spacial score (nSPS) is 12.5. The van der Waals surface area contributed by atoms with E-state index in [1.807, 2.05) is 0 Å². The molecule has 0 atom stereocenters. The maximum atomic E-state index is 12.0. The zero-order valence-corrected chi connectivity index (χ0v) is 10.7. The van der Waals surface area contributed by atoms with Crippen molar-refractivity contribution in [3.63, 3.8) is 0 Å². The first kappa shape index (κ1) is 14.3. The zero-order valence-electron chi connectivity index (χ0n) is 10.7. The summed E-state index contributed by atoms with van der Waals surface area (Å²) in [7, 11) is 0. The largest absolute Gasteiger partial charge is 0.573 e. The molecule has 8 heteroatoms. The summed E-state index contributed by atoms with van der Waals surface area (Å²) in [5.41, 5.74) is 5.52. The quantitative estimate of drug-likeness (QED) is 0.939. The van der Waals surface area contributed by atoms with Gasteiger partial charge >= 0.3 is 6.36 Å². The van der Waals surface area contributed by atoms with Gasteiger partial charge < -0.3 is 15.0 Å². The van der Waals surface area contributed by atoms with E-state index in [1.165, 1.54) is 24.3 Å². The molecule has 20 heavy (non-hydrogen) atoms. The van der Waals surface area contributed by atoms with E-state index in [0.717, 1.165) is 0 Å². The van der Waals surface area contributed by atoms with Gasteiger partial charge in [0, 0.05) is 5.56 Å². The molecule has 2 rings (SSSR count). The molecule has 0 spiro atoms. The highest BCUT2D eigenvalue weighted by Gasteiger charge is 2.31.